The van der Waals surface area contributed by atoms with E-state index in [1.807, 2.05) is 54.6 Å². The van der Waals surface area contributed by atoms with Gasteiger partial charge in [0.2, 0.25) is 6.08 Å². The third-order valence-electron chi connectivity index (χ3n) is 2.99. The van der Waals surface area contributed by atoms with Crippen LogP contribution in [0.5, 0.6) is 5.75 Å². The van der Waals surface area contributed by atoms with Crippen molar-refractivity contribution in [1.82, 2.24) is 0 Å². The normalized spacial score (nSPS) is 9.80. The molecule has 20 heavy (non-hydrogen) atoms. The third-order valence-corrected chi connectivity index (χ3v) is 2.99. The average molecular weight is 267 g/mol. The Balaban J connectivity index is 1.95. The number of hydrogen-bond acceptors (Lipinski definition) is 3. The number of aryl methyl sites for hydroxylation is 1. The second-order valence-electron chi connectivity index (χ2n) is 4.46. The van der Waals surface area contributed by atoms with Gasteiger partial charge in [0, 0.05) is 0 Å². The van der Waals surface area contributed by atoms with E-state index in [0.29, 0.717) is 13.2 Å². The lowest BCUT2D eigenvalue weighted by molar-refractivity contribution is 0.303. The molecule has 0 aromatic heterocycles. The zero-order valence-electron chi connectivity index (χ0n) is 11.3. The van der Waals surface area contributed by atoms with E-state index in [-0.39, 0.29) is 0 Å². The molecular weight excluding hydrogens is 250 g/mol. The zero-order valence-corrected chi connectivity index (χ0v) is 11.3. The monoisotopic (exact) mass is 267 g/mol. The van der Waals surface area contributed by atoms with Crippen LogP contribution in [-0.4, -0.2) is 12.6 Å². The number of para-hydroxylation sites is 1. The van der Waals surface area contributed by atoms with Gasteiger partial charge in [-0.2, -0.15) is 0 Å². The van der Waals surface area contributed by atoms with Crippen LogP contribution in [0.1, 0.15) is 17.5 Å². The van der Waals surface area contributed by atoms with Gasteiger partial charge in [0.15, 0.2) is 0 Å². The summed E-state index contributed by atoms with van der Waals surface area (Å²) in [6.07, 6.45) is 3.22. The smallest absolute Gasteiger partial charge is 0.234 e. The van der Waals surface area contributed by atoms with Gasteiger partial charge in [-0.15, -0.1) is 0 Å². The Morgan fingerprint density at radius 3 is 2.55 bits per heavy atom. The van der Waals surface area contributed by atoms with Gasteiger partial charge >= 0.3 is 0 Å². The van der Waals surface area contributed by atoms with Crippen LogP contribution in [0.4, 0.5) is 0 Å². The molecule has 0 bridgehead atoms. The SMILES string of the molecule is O=C=NCCCc1ccccc1OCc1ccccc1. The standard InChI is InChI=1S/C17H17NO2/c19-14-18-12-6-10-16-9-4-5-11-17(16)20-13-15-7-2-1-3-8-15/h1-5,7-9,11H,6,10,12-13H2. The third kappa shape index (κ3) is 4.38. The predicted molar refractivity (Wildman–Crippen MR) is 78.5 cm³/mol. The molecule has 0 aliphatic carbocycles. The van der Waals surface area contributed by atoms with Gasteiger partial charge in [-0.3, -0.25) is 0 Å². The number of hydrogen-bond donors (Lipinski definition) is 0. The fourth-order valence-electron chi connectivity index (χ4n) is 1.98. The van der Waals surface area contributed by atoms with Crippen molar-refractivity contribution >= 4 is 6.08 Å². The molecule has 3 heteroatoms. The van der Waals surface area contributed by atoms with E-state index in [1.165, 1.54) is 0 Å². The van der Waals surface area contributed by atoms with Crippen molar-refractivity contribution in [3.8, 4) is 5.75 Å². The number of carbonyl (C=O) groups excluding carboxylic acids is 1. The molecule has 0 spiro atoms. The van der Waals surface area contributed by atoms with Gasteiger partial charge in [0.25, 0.3) is 0 Å². The molecule has 0 saturated heterocycles. The fraction of sp³-hybridized carbons (Fsp3) is 0.235. The molecule has 2 rings (SSSR count). The minimum atomic E-state index is 0.510. The predicted octanol–water partition coefficient (Wildman–Crippen LogP) is 3.53. The van der Waals surface area contributed by atoms with Crippen LogP contribution in [0.2, 0.25) is 0 Å². The summed E-state index contributed by atoms with van der Waals surface area (Å²) in [5, 5.41) is 0. The van der Waals surface area contributed by atoms with E-state index in [0.717, 1.165) is 29.7 Å². The lowest BCUT2D eigenvalue weighted by atomic mass is 10.1. The summed E-state index contributed by atoms with van der Waals surface area (Å²) in [4.78, 5) is 13.6. The highest BCUT2D eigenvalue weighted by Crippen LogP contribution is 2.20. The van der Waals surface area contributed by atoms with E-state index in [9.17, 15) is 4.79 Å². The Morgan fingerprint density at radius 2 is 1.75 bits per heavy atom. The second-order valence-corrected chi connectivity index (χ2v) is 4.46. The van der Waals surface area contributed by atoms with Crippen molar-refractivity contribution in [3.63, 3.8) is 0 Å². The summed E-state index contributed by atoms with van der Waals surface area (Å²) >= 11 is 0. The van der Waals surface area contributed by atoms with E-state index >= 15 is 0 Å². The van der Waals surface area contributed by atoms with Crippen molar-refractivity contribution in [2.75, 3.05) is 6.54 Å². The van der Waals surface area contributed by atoms with Crippen LogP contribution >= 0.6 is 0 Å². The summed E-state index contributed by atoms with van der Waals surface area (Å²) in [7, 11) is 0. The maximum atomic E-state index is 10.0. The van der Waals surface area contributed by atoms with Gasteiger partial charge in [-0.25, -0.2) is 9.79 Å². The Morgan fingerprint density at radius 1 is 1.00 bits per heavy atom. The first-order valence-electron chi connectivity index (χ1n) is 6.68. The summed E-state index contributed by atoms with van der Waals surface area (Å²) in [6.45, 7) is 1.07. The molecule has 2 aromatic carbocycles. The van der Waals surface area contributed by atoms with Gasteiger partial charge in [-0.05, 0) is 30.0 Å². The van der Waals surface area contributed by atoms with Crippen LogP contribution < -0.4 is 4.74 Å². The Labute approximate surface area is 118 Å². The molecule has 0 aliphatic rings. The Kier molecular flexibility index (Phi) is 5.56. The molecule has 0 aliphatic heterocycles. The fourth-order valence-corrected chi connectivity index (χ4v) is 1.98. The molecule has 102 valence electrons. The molecule has 0 unspecified atom stereocenters. The van der Waals surface area contributed by atoms with Crippen molar-refractivity contribution in [2.24, 2.45) is 4.99 Å². The van der Waals surface area contributed by atoms with Crippen LogP contribution in [0.15, 0.2) is 59.6 Å². The molecule has 0 amide bonds. The molecule has 0 fully saturated rings. The average Bonchev–Trinajstić information content (AvgIpc) is 2.51. The minimum Gasteiger partial charge on any atom is -0.489 e. The highest BCUT2D eigenvalue weighted by Gasteiger charge is 2.03. The van der Waals surface area contributed by atoms with Gasteiger partial charge in [0.1, 0.15) is 12.4 Å². The van der Waals surface area contributed by atoms with Crippen LogP contribution in [0.25, 0.3) is 0 Å². The van der Waals surface area contributed by atoms with E-state index < -0.39 is 0 Å². The second kappa shape index (κ2) is 7.93. The molecule has 3 nitrogen and oxygen atoms in total. The molecule has 0 heterocycles. The van der Waals surface area contributed by atoms with E-state index in [2.05, 4.69) is 4.99 Å². The number of ether oxygens (including phenoxy) is 1. The number of rotatable bonds is 7. The molecule has 0 radical (unpaired) electrons. The van der Waals surface area contributed by atoms with Crippen molar-refractivity contribution < 1.29 is 9.53 Å². The summed E-state index contributed by atoms with van der Waals surface area (Å²) in [5.74, 6) is 0.895. The maximum absolute atomic E-state index is 10.0. The highest BCUT2D eigenvalue weighted by molar-refractivity contribution is 5.34. The van der Waals surface area contributed by atoms with Gasteiger partial charge < -0.3 is 4.74 Å². The molecular formula is C17H17NO2. The first-order chi connectivity index (χ1) is 9.90. The van der Waals surface area contributed by atoms with Crippen molar-refractivity contribution in [1.29, 1.82) is 0 Å². The van der Waals surface area contributed by atoms with Crippen LogP contribution in [-0.2, 0) is 17.8 Å². The summed E-state index contributed by atoms with van der Waals surface area (Å²) in [6, 6.07) is 18.1. The van der Waals surface area contributed by atoms with Gasteiger partial charge in [0.05, 0.1) is 6.54 Å². The van der Waals surface area contributed by atoms with Gasteiger partial charge in [-0.1, -0.05) is 48.5 Å². The number of aliphatic imine (C=N–C) groups is 1. The Hall–Kier alpha value is -2.38. The largest absolute Gasteiger partial charge is 0.489 e. The number of benzene rings is 2. The topological polar surface area (TPSA) is 38.7 Å². The highest BCUT2D eigenvalue weighted by atomic mass is 16.5. The van der Waals surface area contributed by atoms with E-state index in [4.69, 9.17) is 4.74 Å². The van der Waals surface area contributed by atoms with Crippen molar-refractivity contribution in [3.05, 3.63) is 65.7 Å². The zero-order chi connectivity index (χ0) is 14.0. The van der Waals surface area contributed by atoms with Crippen LogP contribution in [0, 0.1) is 0 Å². The quantitative estimate of drug-likeness (QED) is 0.437. The number of isocyanates is 1. The summed E-state index contributed by atoms with van der Waals surface area (Å²) in [5.41, 5.74) is 2.29. The first-order valence-corrected chi connectivity index (χ1v) is 6.68. The first kappa shape index (κ1) is 14.0. The maximum Gasteiger partial charge on any atom is 0.234 e. The lowest BCUT2D eigenvalue weighted by Crippen LogP contribution is -1.99. The van der Waals surface area contributed by atoms with E-state index in [1.54, 1.807) is 6.08 Å². The van der Waals surface area contributed by atoms with Crippen LogP contribution in [0.3, 0.4) is 0 Å². The molecule has 0 saturated carbocycles. The Bertz CT molecular complexity index is 575. The molecule has 2 aromatic rings. The minimum absolute atomic E-state index is 0.510. The molecule has 0 atom stereocenters. The number of nitrogens with zero attached hydrogens (tertiary/aromatic N) is 1. The lowest BCUT2D eigenvalue weighted by Gasteiger charge is -2.11. The molecule has 0 N–H and O–H groups in total. The summed E-state index contributed by atoms with van der Waals surface area (Å²) < 4.78 is 5.87. The van der Waals surface area contributed by atoms with Crippen molar-refractivity contribution in [2.45, 2.75) is 19.4 Å².